The topological polar surface area (TPSA) is 105 Å². The molecular weight excluding hydrogens is 540 g/mol. The molecule has 0 saturated carbocycles. The Hall–Kier alpha value is -3.53. The van der Waals surface area contributed by atoms with Crippen LogP contribution in [0.25, 0.3) is 0 Å². The highest BCUT2D eigenvalue weighted by atomic mass is 32.1. The third-order valence-electron chi connectivity index (χ3n) is 5.42. The average Bonchev–Trinajstić information content (AvgIpc) is 3.19. The predicted octanol–water partition coefficient (Wildman–Crippen LogP) is 5.06. The molecule has 0 aromatic carbocycles. The Balaban J connectivity index is 1.37. The lowest BCUT2D eigenvalue weighted by Gasteiger charge is -2.32. The van der Waals surface area contributed by atoms with Crippen LogP contribution in [0.3, 0.4) is 0 Å². The summed E-state index contributed by atoms with van der Waals surface area (Å²) in [4.78, 5) is 25.4. The second kappa shape index (κ2) is 11.1. The van der Waals surface area contributed by atoms with Crippen molar-refractivity contribution in [2.75, 3.05) is 30.3 Å². The summed E-state index contributed by atoms with van der Waals surface area (Å²) in [5.41, 5.74) is -0.299. The zero-order chi connectivity index (χ0) is 27.5. The van der Waals surface area contributed by atoms with Gasteiger partial charge in [-0.3, -0.25) is 9.69 Å². The van der Waals surface area contributed by atoms with Crippen LogP contribution in [0.2, 0.25) is 0 Å². The Morgan fingerprint density at radius 3 is 2.55 bits per heavy atom. The molecule has 0 spiro atoms. The first kappa shape index (κ1) is 27.5. The van der Waals surface area contributed by atoms with Gasteiger partial charge in [-0.25, -0.2) is 15.0 Å². The van der Waals surface area contributed by atoms with Gasteiger partial charge in [0.15, 0.2) is 5.69 Å². The third-order valence-corrected chi connectivity index (χ3v) is 6.27. The number of rotatable bonds is 7. The highest BCUT2D eigenvalue weighted by molar-refractivity contribution is 7.10. The summed E-state index contributed by atoms with van der Waals surface area (Å²) in [7, 11) is 0. The molecule has 2 N–H and O–H groups in total. The second-order valence-electron chi connectivity index (χ2n) is 8.45. The number of likely N-dealkylation sites (tertiary alicyclic amines) is 1. The van der Waals surface area contributed by atoms with E-state index in [0.717, 1.165) is 17.7 Å². The number of anilines is 3. The molecule has 4 heterocycles. The van der Waals surface area contributed by atoms with Gasteiger partial charge in [-0.1, -0.05) is 0 Å². The Labute approximate surface area is 216 Å². The molecule has 0 aliphatic carbocycles. The van der Waals surface area contributed by atoms with Crippen molar-refractivity contribution >= 4 is 33.9 Å². The van der Waals surface area contributed by atoms with E-state index in [1.54, 1.807) is 6.92 Å². The number of hydrogen-bond donors (Lipinski definition) is 2. The number of pyridine rings is 1. The minimum absolute atomic E-state index is 0.00428. The van der Waals surface area contributed by atoms with Gasteiger partial charge in [-0.2, -0.15) is 30.7 Å². The summed E-state index contributed by atoms with van der Waals surface area (Å²) < 4.78 is 86.0. The van der Waals surface area contributed by atoms with Gasteiger partial charge in [0, 0.05) is 12.6 Å². The molecule has 1 amide bonds. The fourth-order valence-electron chi connectivity index (χ4n) is 3.77. The molecule has 3 aromatic heterocycles. The van der Waals surface area contributed by atoms with Crippen LogP contribution in [0.15, 0.2) is 30.7 Å². The smallest absolute Gasteiger partial charge is 0.434 e. The van der Waals surface area contributed by atoms with Gasteiger partial charge >= 0.3 is 12.4 Å². The molecule has 1 fully saturated rings. The SMILES string of the molecule is Cc1nsc(Nc2cnc(C(F)(F)F)cn2)c1C(=O)Nc1ccc(O[C@H]2CCCN(CC(F)(F)F)C2)nc1. The summed E-state index contributed by atoms with van der Waals surface area (Å²) in [6, 6.07) is 3.02. The van der Waals surface area contributed by atoms with Crippen LogP contribution >= 0.6 is 11.5 Å². The number of carbonyl (C=O) groups is 1. The molecule has 1 aliphatic rings. The highest BCUT2D eigenvalue weighted by Gasteiger charge is 2.34. The van der Waals surface area contributed by atoms with Gasteiger partial charge in [-0.05, 0) is 43.9 Å². The molecule has 0 radical (unpaired) electrons. The Morgan fingerprint density at radius 2 is 1.92 bits per heavy atom. The summed E-state index contributed by atoms with van der Waals surface area (Å²) in [6.45, 7) is 1.07. The van der Waals surface area contributed by atoms with Gasteiger partial charge < -0.3 is 15.4 Å². The number of nitrogens with one attached hydrogen (secondary N) is 2. The lowest BCUT2D eigenvalue weighted by molar-refractivity contribution is -0.150. The van der Waals surface area contributed by atoms with E-state index in [9.17, 15) is 31.1 Å². The second-order valence-corrected chi connectivity index (χ2v) is 9.23. The maximum Gasteiger partial charge on any atom is 0.434 e. The van der Waals surface area contributed by atoms with Crippen LogP contribution in [-0.4, -0.2) is 62.0 Å². The van der Waals surface area contributed by atoms with Crippen molar-refractivity contribution in [3.05, 3.63) is 47.7 Å². The summed E-state index contributed by atoms with van der Waals surface area (Å²) in [5, 5.41) is 5.66. The largest absolute Gasteiger partial charge is 0.473 e. The number of ether oxygens (including phenoxy) is 1. The lowest BCUT2D eigenvalue weighted by Crippen LogP contribution is -2.45. The molecule has 0 unspecified atom stereocenters. The molecule has 38 heavy (non-hydrogen) atoms. The standard InChI is InChI=1S/C22H21F6N7O2S/c1-12-18(20(38-34-12)33-16-9-29-15(8-30-16)22(26,27)28)19(36)32-13-4-5-17(31-7-13)37-14-3-2-6-35(10-14)11-21(23,24)25/h4-5,7-9,14H,2-3,6,10-11H2,1H3,(H,30,33)(H,32,36)/t14-/m0/s1. The number of aryl methyl sites for hydroxylation is 1. The van der Waals surface area contributed by atoms with Gasteiger partial charge in [0.25, 0.3) is 5.91 Å². The van der Waals surface area contributed by atoms with E-state index < -0.39 is 36.6 Å². The van der Waals surface area contributed by atoms with E-state index in [2.05, 4.69) is 30.0 Å². The lowest BCUT2D eigenvalue weighted by atomic mass is 10.1. The first-order valence-electron chi connectivity index (χ1n) is 11.2. The zero-order valence-corrected chi connectivity index (χ0v) is 20.5. The van der Waals surface area contributed by atoms with Crippen molar-refractivity contribution in [2.24, 2.45) is 0 Å². The first-order chi connectivity index (χ1) is 17.9. The number of halogens is 6. The summed E-state index contributed by atoms with van der Waals surface area (Å²) in [5.74, 6) is -0.349. The van der Waals surface area contributed by atoms with Crippen LogP contribution < -0.4 is 15.4 Å². The molecule has 204 valence electrons. The number of piperidine rings is 1. The number of aromatic nitrogens is 4. The van der Waals surface area contributed by atoms with E-state index in [1.165, 1.54) is 23.2 Å². The van der Waals surface area contributed by atoms with Gasteiger partial charge in [-0.15, -0.1) is 0 Å². The summed E-state index contributed by atoms with van der Waals surface area (Å²) in [6.07, 6.45) is -5.38. The maximum atomic E-state index is 12.9. The Kier molecular flexibility index (Phi) is 8.01. The maximum absolute atomic E-state index is 12.9. The minimum Gasteiger partial charge on any atom is -0.473 e. The molecule has 16 heteroatoms. The number of nitrogens with zero attached hydrogens (tertiary/aromatic N) is 5. The van der Waals surface area contributed by atoms with Crippen molar-refractivity contribution in [3.63, 3.8) is 0 Å². The number of alkyl halides is 6. The normalized spacial score (nSPS) is 16.8. The van der Waals surface area contributed by atoms with Crippen molar-refractivity contribution < 1.29 is 35.9 Å². The van der Waals surface area contributed by atoms with Crippen LogP contribution in [0, 0.1) is 6.92 Å². The van der Waals surface area contributed by atoms with Gasteiger partial charge in [0.1, 0.15) is 16.9 Å². The zero-order valence-electron chi connectivity index (χ0n) is 19.7. The van der Waals surface area contributed by atoms with Gasteiger partial charge in [0.05, 0.1) is 42.1 Å². The van der Waals surface area contributed by atoms with Crippen molar-refractivity contribution in [3.8, 4) is 5.88 Å². The molecule has 3 aromatic rings. The molecular formula is C22H21F6N7O2S. The van der Waals surface area contributed by atoms with E-state index in [0.29, 0.717) is 37.0 Å². The van der Waals surface area contributed by atoms with E-state index in [-0.39, 0.29) is 28.8 Å². The number of hydrogen-bond acceptors (Lipinski definition) is 9. The Morgan fingerprint density at radius 1 is 1.13 bits per heavy atom. The van der Waals surface area contributed by atoms with Gasteiger partial charge in [0.2, 0.25) is 5.88 Å². The first-order valence-corrected chi connectivity index (χ1v) is 12.0. The van der Waals surface area contributed by atoms with Crippen LogP contribution in [0.5, 0.6) is 5.88 Å². The predicted molar refractivity (Wildman–Crippen MR) is 126 cm³/mol. The molecule has 1 aliphatic heterocycles. The molecule has 1 atom stereocenters. The van der Waals surface area contributed by atoms with Crippen molar-refractivity contribution in [2.45, 2.75) is 38.2 Å². The molecule has 4 rings (SSSR count). The molecule has 0 bridgehead atoms. The van der Waals surface area contributed by atoms with E-state index in [4.69, 9.17) is 4.74 Å². The number of carbonyl (C=O) groups excluding carboxylic acids is 1. The van der Waals surface area contributed by atoms with E-state index >= 15 is 0 Å². The fraction of sp³-hybridized carbons (Fsp3) is 0.409. The monoisotopic (exact) mass is 561 g/mol. The van der Waals surface area contributed by atoms with Crippen LogP contribution in [0.4, 0.5) is 42.8 Å². The van der Waals surface area contributed by atoms with Crippen molar-refractivity contribution in [1.29, 1.82) is 0 Å². The van der Waals surface area contributed by atoms with E-state index in [1.807, 2.05) is 0 Å². The van der Waals surface area contributed by atoms with Crippen molar-refractivity contribution in [1.82, 2.24) is 24.2 Å². The quantitative estimate of drug-likeness (QED) is 0.386. The van der Waals surface area contributed by atoms with Crippen LogP contribution in [-0.2, 0) is 6.18 Å². The van der Waals surface area contributed by atoms with Crippen LogP contribution in [0.1, 0.15) is 34.6 Å². The minimum atomic E-state index is -4.63. The number of amides is 1. The highest BCUT2D eigenvalue weighted by Crippen LogP contribution is 2.30. The molecule has 1 saturated heterocycles. The fourth-order valence-corrected chi connectivity index (χ4v) is 4.57. The third kappa shape index (κ3) is 7.28. The average molecular weight is 562 g/mol. The summed E-state index contributed by atoms with van der Waals surface area (Å²) >= 11 is 0.923. The Bertz CT molecular complexity index is 1250. The molecule has 9 nitrogen and oxygen atoms in total.